The number of Topliss-reactive ketones (excluding diaryl/α,β-unsaturated/α-hetero) is 2. The standard InChI is InChI=1S/C48H75NO10/c1-30-14-9-8-10-15-31(2)41(51)26-39-20-19-36(7)48(57,59-39)29-46(55)49-21-12-11-18-40(49)47(56)58-45(35(6)24-37-16-13-17-38(50)25-37)28-44(54)34(5)23-33(4)43(53)27-42(52)32(3)22-30/h8-10,14-15,23,30,32,34-41,43,45,50-51,53,57H,11-13,16-22,24-29H2,1-7H3/b10-8+,14-9+,31-15+,33-23+/t30-,32-,34-,35-,36-,37?,38+,39?,40+,41+,43+,45+,48+/m1/s1. The van der Waals surface area contributed by atoms with Crippen molar-refractivity contribution in [1.82, 2.24) is 4.90 Å². The van der Waals surface area contributed by atoms with Gasteiger partial charge in [0, 0.05) is 43.6 Å². The van der Waals surface area contributed by atoms with Crippen LogP contribution in [0, 0.1) is 35.5 Å². The van der Waals surface area contributed by atoms with Gasteiger partial charge in [-0.15, -0.1) is 0 Å². The van der Waals surface area contributed by atoms with E-state index in [4.69, 9.17) is 9.47 Å². The molecule has 0 aromatic rings. The van der Waals surface area contributed by atoms with E-state index in [0.29, 0.717) is 63.5 Å². The summed E-state index contributed by atoms with van der Waals surface area (Å²) < 4.78 is 12.5. The Balaban J connectivity index is 1.62. The third-order valence-electron chi connectivity index (χ3n) is 13.6. The molecule has 0 aromatic heterocycles. The number of esters is 1. The largest absolute Gasteiger partial charge is 0.460 e. The van der Waals surface area contributed by atoms with Crippen LogP contribution >= 0.6 is 0 Å². The minimum atomic E-state index is -1.78. The Kier molecular flexibility index (Phi) is 18.8. The van der Waals surface area contributed by atoms with Crippen molar-refractivity contribution in [3.63, 3.8) is 0 Å². The molecule has 59 heavy (non-hydrogen) atoms. The van der Waals surface area contributed by atoms with E-state index in [1.165, 1.54) is 4.90 Å². The van der Waals surface area contributed by atoms with Gasteiger partial charge in [-0.3, -0.25) is 14.4 Å². The number of hydrogen-bond donors (Lipinski definition) is 4. The first-order valence-electron chi connectivity index (χ1n) is 22.6. The zero-order chi connectivity index (χ0) is 43.4. The number of carbonyl (C=O) groups excluding carboxylic acids is 4. The highest BCUT2D eigenvalue weighted by molar-refractivity contribution is 5.86. The molecular formula is C48H75NO10. The van der Waals surface area contributed by atoms with Gasteiger partial charge in [0.1, 0.15) is 23.7 Å². The van der Waals surface area contributed by atoms with Crippen LogP contribution in [-0.4, -0.2) is 97.7 Å². The average Bonchev–Trinajstić information content (AvgIpc) is 3.18. The smallest absolute Gasteiger partial charge is 0.329 e. The lowest BCUT2D eigenvalue weighted by Crippen LogP contribution is -2.54. The predicted molar refractivity (Wildman–Crippen MR) is 228 cm³/mol. The summed E-state index contributed by atoms with van der Waals surface area (Å²) in [6.07, 6.45) is 15.0. The Hall–Kier alpha value is -2.96. The number of piperidine rings is 1. The van der Waals surface area contributed by atoms with Crippen molar-refractivity contribution in [2.24, 2.45) is 35.5 Å². The summed E-state index contributed by atoms with van der Waals surface area (Å²) >= 11 is 0. The first-order chi connectivity index (χ1) is 27.9. The molecule has 1 aliphatic carbocycles. The molecule has 4 aliphatic rings. The molecule has 2 saturated heterocycles. The lowest BCUT2D eigenvalue weighted by Gasteiger charge is -2.44. The number of rotatable bonds is 3. The SMILES string of the molecule is C/C1=C\[C@@H](C)C(=O)C[C@@H]([C@H](C)CC2CCC[C@H](O)C2)OC(=O)[C@@H]2CCCCN2C(=O)C[C@]2(O)OC(CC[C@H]2C)C[C@H](O)/C(C)=C/C=C/C=C/[C@@H](C)C[C@@H](C)C(=O)C[C@@H]1O. The number of aliphatic hydroxyl groups is 4. The van der Waals surface area contributed by atoms with E-state index in [0.717, 1.165) is 24.8 Å². The number of ketones is 2. The van der Waals surface area contributed by atoms with Gasteiger partial charge in [0.25, 0.3) is 0 Å². The molecule has 4 N–H and O–H groups in total. The number of carbonyl (C=O) groups is 4. The number of hydrogen-bond acceptors (Lipinski definition) is 10. The summed E-state index contributed by atoms with van der Waals surface area (Å²) in [6, 6.07) is -0.887. The Morgan fingerprint density at radius 3 is 2.29 bits per heavy atom. The molecule has 13 atom stereocenters. The first-order valence-corrected chi connectivity index (χ1v) is 22.6. The highest BCUT2D eigenvalue weighted by atomic mass is 16.6. The minimum Gasteiger partial charge on any atom is -0.460 e. The highest BCUT2D eigenvalue weighted by Gasteiger charge is 2.46. The van der Waals surface area contributed by atoms with E-state index in [-0.39, 0.29) is 72.9 Å². The fourth-order valence-corrected chi connectivity index (χ4v) is 9.42. The average molecular weight is 826 g/mol. The van der Waals surface area contributed by atoms with Gasteiger partial charge in [0.05, 0.1) is 30.8 Å². The molecule has 11 heteroatoms. The lowest BCUT2D eigenvalue weighted by atomic mass is 9.79. The number of aliphatic hydroxyl groups excluding tert-OH is 3. The molecule has 2 bridgehead atoms. The fourth-order valence-electron chi connectivity index (χ4n) is 9.42. The monoisotopic (exact) mass is 826 g/mol. The summed E-state index contributed by atoms with van der Waals surface area (Å²) in [5.74, 6) is -4.15. The second-order valence-corrected chi connectivity index (χ2v) is 18.8. The number of cyclic esters (lactones) is 1. The number of amides is 1. The van der Waals surface area contributed by atoms with Gasteiger partial charge < -0.3 is 34.8 Å². The molecule has 0 spiro atoms. The minimum absolute atomic E-state index is 0.0591. The van der Waals surface area contributed by atoms with Gasteiger partial charge in [0.15, 0.2) is 5.79 Å². The molecule has 1 saturated carbocycles. The summed E-state index contributed by atoms with van der Waals surface area (Å²) in [6.45, 7) is 13.3. The maximum Gasteiger partial charge on any atom is 0.329 e. The van der Waals surface area contributed by atoms with Gasteiger partial charge in [-0.1, -0.05) is 83.9 Å². The van der Waals surface area contributed by atoms with E-state index >= 15 is 0 Å². The normalized spacial score (nSPS) is 40.7. The van der Waals surface area contributed by atoms with Crippen molar-refractivity contribution in [3.05, 3.63) is 47.6 Å². The van der Waals surface area contributed by atoms with Crippen LogP contribution in [0.3, 0.4) is 0 Å². The maximum absolute atomic E-state index is 14.2. The van der Waals surface area contributed by atoms with Crippen LogP contribution in [0.1, 0.15) is 145 Å². The van der Waals surface area contributed by atoms with Gasteiger partial charge in [-0.05, 0) is 101 Å². The van der Waals surface area contributed by atoms with Gasteiger partial charge in [0.2, 0.25) is 5.91 Å². The summed E-state index contributed by atoms with van der Waals surface area (Å²) in [5.41, 5.74) is 1.26. The Morgan fingerprint density at radius 2 is 1.56 bits per heavy atom. The lowest BCUT2D eigenvalue weighted by molar-refractivity contribution is -0.283. The molecule has 0 aromatic carbocycles. The molecule has 3 fully saturated rings. The van der Waals surface area contributed by atoms with Crippen molar-refractivity contribution < 1.29 is 49.1 Å². The summed E-state index contributed by atoms with van der Waals surface area (Å²) in [5, 5.41) is 44.4. The van der Waals surface area contributed by atoms with Gasteiger partial charge in [-0.2, -0.15) is 0 Å². The van der Waals surface area contributed by atoms with Crippen LogP contribution < -0.4 is 0 Å². The van der Waals surface area contributed by atoms with E-state index in [1.54, 1.807) is 19.9 Å². The van der Waals surface area contributed by atoms with Crippen LogP contribution in [0.15, 0.2) is 47.6 Å². The maximum atomic E-state index is 14.2. The molecule has 3 heterocycles. The van der Waals surface area contributed by atoms with Crippen molar-refractivity contribution in [1.29, 1.82) is 0 Å². The number of nitrogens with zero attached hydrogens (tertiary/aromatic N) is 1. The van der Waals surface area contributed by atoms with Crippen LogP contribution in [0.2, 0.25) is 0 Å². The Labute approximate surface area is 353 Å². The van der Waals surface area contributed by atoms with Crippen molar-refractivity contribution in [3.8, 4) is 0 Å². The number of allylic oxidation sites excluding steroid dienone is 6. The van der Waals surface area contributed by atoms with Crippen LogP contribution in [0.5, 0.6) is 0 Å². The second kappa shape index (κ2) is 22.8. The molecule has 2 unspecified atom stereocenters. The van der Waals surface area contributed by atoms with Crippen molar-refractivity contribution in [2.45, 2.75) is 187 Å². The fraction of sp³-hybridized carbons (Fsp3) is 0.750. The van der Waals surface area contributed by atoms with Crippen LogP contribution in [0.25, 0.3) is 0 Å². The van der Waals surface area contributed by atoms with Crippen molar-refractivity contribution >= 4 is 23.4 Å². The third kappa shape index (κ3) is 14.6. The number of ether oxygens (including phenoxy) is 2. The quantitative estimate of drug-likeness (QED) is 0.170. The van der Waals surface area contributed by atoms with Crippen LogP contribution in [-0.2, 0) is 28.7 Å². The zero-order valence-electron chi connectivity index (χ0n) is 36.9. The summed E-state index contributed by atoms with van der Waals surface area (Å²) in [7, 11) is 0. The van der Waals surface area contributed by atoms with Crippen molar-refractivity contribution in [2.75, 3.05) is 6.54 Å². The van der Waals surface area contributed by atoms with Crippen LogP contribution in [0.4, 0.5) is 0 Å². The molecule has 11 nitrogen and oxygen atoms in total. The third-order valence-corrected chi connectivity index (χ3v) is 13.6. The molecule has 0 radical (unpaired) electrons. The van der Waals surface area contributed by atoms with Gasteiger partial charge in [-0.25, -0.2) is 4.79 Å². The number of fused-ring (bicyclic) bond motifs is 3. The Bertz CT molecular complexity index is 1550. The van der Waals surface area contributed by atoms with E-state index in [2.05, 4.69) is 0 Å². The highest BCUT2D eigenvalue weighted by Crippen LogP contribution is 2.38. The molecule has 3 aliphatic heterocycles. The topological polar surface area (TPSA) is 171 Å². The zero-order valence-corrected chi connectivity index (χ0v) is 36.9. The molecule has 1 amide bonds. The summed E-state index contributed by atoms with van der Waals surface area (Å²) in [4.78, 5) is 56.8. The second-order valence-electron chi connectivity index (χ2n) is 18.8. The Morgan fingerprint density at radius 1 is 0.814 bits per heavy atom. The molecule has 4 rings (SSSR count). The van der Waals surface area contributed by atoms with E-state index in [9.17, 15) is 39.6 Å². The van der Waals surface area contributed by atoms with E-state index < -0.39 is 54.0 Å². The first kappa shape index (κ1) is 48.7. The van der Waals surface area contributed by atoms with Gasteiger partial charge >= 0.3 is 5.97 Å². The molecule has 332 valence electrons. The van der Waals surface area contributed by atoms with E-state index in [1.807, 2.05) is 65.0 Å². The molecular weight excluding hydrogens is 751 g/mol. The predicted octanol–water partition coefficient (Wildman–Crippen LogP) is 7.10.